The molecule has 0 amide bonds. The molecular weight excluding hydrogens is 238 g/mol. The van der Waals surface area contributed by atoms with Crippen LogP contribution in [0.15, 0.2) is 36.5 Å². The average molecular weight is 253 g/mol. The number of aryl methyl sites for hydroxylation is 1. The van der Waals surface area contributed by atoms with E-state index in [1.165, 1.54) is 0 Å². The van der Waals surface area contributed by atoms with Gasteiger partial charge in [-0.3, -0.25) is 4.68 Å². The van der Waals surface area contributed by atoms with E-state index in [2.05, 4.69) is 32.7 Å². The summed E-state index contributed by atoms with van der Waals surface area (Å²) in [4.78, 5) is 0. The van der Waals surface area contributed by atoms with Crippen molar-refractivity contribution in [1.82, 2.24) is 20.0 Å². The number of rotatable bonds is 3. The van der Waals surface area contributed by atoms with E-state index in [9.17, 15) is 0 Å². The van der Waals surface area contributed by atoms with Crippen LogP contribution in [0.2, 0.25) is 0 Å². The van der Waals surface area contributed by atoms with Crippen molar-refractivity contribution in [3.8, 4) is 11.4 Å². The van der Waals surface area contributed by atoms with E-state index >= 15 is 0 Å². The zero-order valence-corrected chi connectivity index (χ0v) is 11.0. The molecule has 0 aliphatic heterocycles. The normalized spacial score (nSPS) is 10.8. The molecule has 96 valence electrons. The molecule has 1 aromatic carbocycles. The van der Waals surface area contributed by atoms with Crippen LogP contribution in [0, 0.1) is 0 Å². The van der Waals surface area contributed by atoms with Gasteiger partial charge in [0.15, 0.2) is 5.82 Å². The van der Waals surface area contributed by atoms with Crippen molar-refractivity contribution in [1.29, 1.82) is 0 Å². The lowest BCUT2D eigenvalue weighted by Gasteiger charge is -2.08. The molecule has 1 N–H and O–H groups in total. The first-order valence-electron chi connectivity index (χ1n) is 6.29. The summed E-state index contributed by atoms with van der Waals surface area (Å²) in [5.74, 6) is 0.817. The monoisotopic (exact) mass is 253 g/mol. The standard InChI is InChI=1S/C14H15N5/c1-3-15-14-11-7-5-4-6-10(11)13(16-17-14)12-8-9-19(2)18-12/h4-9H,3H2,1-2H3,(H,15,17). The first kappa shape index (κ1) is 11.6. The highest BCUT2D eigenvalue weighted by molar-refractivity contribution is 5.99. The van der Waals surface area contributed by atoms with Crippen molar-refractivity contribution in [2.24, 2.45) is 7.05 Å². The van der Waals surface area contributed by atoms with Crippen LogP contribution >= 0.6 is 0 Å². The number of fused-ring (bicyclic) bond motifs is 1. The highest BCUT2D eigenvalue weighted by Gasteiger charge is 2.11. The topological polar surface area (TPSA) is 55.6 Å². The molecule has 5 nitrogen and oxygen atoms in total. The molecule has 0 spiro atoms. The Kier molecular flexibility index (Phi) is 2.87. The maximum Gasteiger partial charge on any atom is 0.156 e. The largest absolute Gasteiger partial charge is 0.368 e. The van der Waals surface area contributed by atoms with Gasteiger partial charge in [0.05, 0.1) is 0 Å². The maximum atomic E-state index is 4.40. The first-order valence-corrected chi connectivity index (χ1v) is 6.29. The zero-order valence-electron chi connectivity index (χ0n) is 11.0. The predicted octanol–water partition coefficient (Wildman–Crippen LogP) is 2.46. The second-order valence-corrected chi connectivity index (χ2v) is 4.35. The van der Waals surface area contributed by atoms with Gasteiger partial charge in [0.2, 0.25) is 0 Å². The van der Waals surface area contributed by atoms with Crippen molar-refractivity contribution in [2.75, 3.05) is 11.9 Å². The lowest BCUT2D eigenvalue weighted by atomic mass is 10.1. The minimum absolute atomic E-state index is 0.817. The second-order valence-electron chi connectivity index (χ2n) is 4.35. The van der Waals surface area contributed by atoms with Crippen LogP contribution in [0.4, 0.5) is 5.82 Å². The SMILES string of the molecule is CCNc1nnc(-c2ccn(C)n2)c2ccccc12. The van der Waals surface area contributed by atoms with E-state index in [0.29, 0.717) is 0 Å². The van der Waals surface area contributed by atoms with E-state index in [1.807, 2.05) is 38.4 Å². The van der Waals surface area contributed by atoms with Gasteiger partial charge in [0.25, 0.3) is 0 Å². The summed E-state index contributed by atoms with van der Waals surface area (Å²) in [5.41, 5.74) is 1.66. The predicted molar refractivity (Wildman–Crippen MR) is 75.9 cm³/mol. The van der Waals surface area contributed by atoms with Crippen molar-refractivity contribution in [2.45, 2.75) is 6.92 Å². The van der Waals surface area contributed by atoms with E-state index in [-0.39, 0.29) is 0 Å². The molecule has 0 bridgehead atoms. The Hall–Kier alpha value is -2.43. The fourth-order valence-corrected chi connectivity index (χ4v) is 2.13. The first-order chi connectivity index (χ1) is 9.29. The molecule has 3 rings (SSSR count). The van der Waals surface area contributed by atoms with Gasteiger partial charge in [0.1, 0.15) is 11.4 Å². The summed E-state index contributed by atoms with van der Waals surface area (Å²) in [6.45, 7) is 2.87. The quantitative estimate of drug-likeness (QED) is 0.779. The summed E-state index contributed by atoms with van der Waals surface area (Å²) in [7, 11) is 1.89. The van der Waals surface area contributed by atoms with Crippen LogP contribution < -0.4 is 5.32 Å². The highest BCUT2D eigenvalue weighted by atomic mass is 15.3. The molecule has 0 aliphatic rings. The Labute approximate surface area is 111 Å². The Balaban J connectivity index is 2.24. The molecule has 3 aromatic rings. The number of hydrogen-bond donors (Lipinski definition) is 1. The third-order valence-corrected chi connectivity index (χ3v) is 2.99. The van der Waals surface area contributed by atoms with E-state index < -0.39 is 0 Å². The lowest BCUT2D eigenvalue weighted by molar-refractivity contribution is 0.769. The molecule has 2 heterocycles. The van der Waals surface area contributed by atoms with Crippen LogP contribution in [0.25, 0.3) is 22.2 Å². The summed E-state index contributed by atoms with van der Waals surface area (Å²) >= 11 is 0. The molecule has 0 radical (unpaired) electrons. The lowest BCUT2D eigenvalue weighted by Crippen LogP contribution is -2.03. The minimum Gasteiger partial charge on any atom is -0.368 e. The minimum atomic E-state index is 0.817. The Bertz CT molecular complexity index is 717. The third kappa shape index (κ3) is 2.03. The number of benzene rings is 1. The summed E-state index contributed by atoms with van der Waals surface area (Å²) in [6, 6.07) is 10.1. The smallest absolute Gasteiger partial charge is 0.156 e. The molecule has 5 heteroatoms. The molecule has 2 aromatic heterocycles. The van der Waals surface area contributed by atoms with Crippen molar-refractivity contribution >= 4 is 16.6 Å². The number of anilines is 1. The second kappa shape index (κ2) is 4.68. The average Bonchev–Trinajstić information content (AvgIpc) is 2.86. The fourth-order valence-electron chi connectivity index (χ4n) is 2.13. The van der Waals surface area contributed by atoms with E-state index in [4.69, 9.17) is 0 Å². The molecule has 0 aliphatic carbocycles. The maximum absolute atomic E-state index is 4.40. The van der Waals surface area contributed by atoms with Gasteiger partial charge >= 0.3 is 0 Å². The van der Waals surface area contributed by atoms with Crippen LogP contribution in [0.3, 0.4) is 0 Å². The highest BCUT2D eigenvalue weighted by Crippen LogP contribution is 2.28. The van der Waals surface area contributed by atoms with Gasteiger partial charge in [0, 0.05) is 30.6 Å². The van der Waals surface area contributed by atoms with Gasteiger partial charge in [-0.15, -0.1) is 10.2 Å². The molecule has 0 fully saturated rings. The Morgan fingerprint density at radius 3 is 2.58 bits per heavy atom. The number of nitrogens with one attached hydrogen (secondary N) is 1. The summed E-state index contributed by atoms with van der Waals surface area (Å²) < 4.78 is 1.77. The van der Waals surface area contributed by atoms with Gasteiger partial charge in [-0.05, 0) is 13.0 Å². The number of aromatic nitrogens is 4. The summed E-state index contributed by atoms with van der Waals surface area (Å²) in [6.07, 6.45) is 1.91. The van der Waals surface area contributed by atoms with Crippen LogP contribution in [0.5, 0.6) is 0 Å². The molecule has 0 unspecified atom stereocenters. The van der Waals surface area contributed by atoms with Gasteiger partial charge in [-0.25, -0.2) is 0 Å². The van der Waals surface area contributed by atoms with Crippen molar-refractivity contribution in [3.63, 3.8) is 0 Å². The van der Waals surface area contributed by atoms with E-state index in [0.717, 1.165) is 34.5 Å². The molecule has 0 saturated carbocycles. The van der Waals surface area contributed by atoms with E-state index in [1.54, 1.807) is 4.68 Å². The summed E-state index contributed by atoms with van der Waals surface area (Å²) in [5, 5.41) is 18.4. The Morgan fingerprint density at radius 1 is 1.11 bits per heavy atom. The molecule has 19 heavy (non-hydrogen) atoms. The van der Waals surface area contributed by atoms with Gasteiger partial charge in [-0.1, -0.05) is 24.3 Å². The Morgan fingerprint density at radius 2 is 1.89 bits per heavy atom. The van der Waals surface area contributed by atoms with Crippen molar-refractivity contribution in [3.05, 3.63) is 36.5 Å². The van der Waals surface area contributed by atoms with Gasteiger partial charge in [-0.2, -0.15) is 5.10 Å². The number of hydrogen-bond acceptors (Lipinski definition) is 4. The third-order valence-electron chi connectivity index (χ3n) is 2.99. The van der Waals surface area contributed by atoms with Crippen molar-refractivity contribution < 1.29 is 0 Å². The zero-order chi connectivity index (χ0) is 13.2. The molecule has 0 saturated heterocycles. The fraction of sp³-hybridized carbons (Fsp3) is 0.214. The van der Waals surface area contributed by atoms with Gasteiger partial charge < -0.3 is 5.32 Å². The van der Waals surface area contributed by atoms with Crippen LogP contribution in [-0.4, -0.2) is 26.5 Å². The van der Waals surface area contributed by atoms with Crippen LogP contribution in [-0.2, 0) is 7.05 Å². The van der Waals surface area contributed by atoms with Crippen LogP contribution in [0.1, 0.15) is 6.92 Å². The number of nitrogens with zero attached hydrogens (tertiary/aromatic N) is 4. The molecular formula is C14H15N5. The molecule has 0 atom stereocenters.